The predicted molar refractivity (Wildman–Crippen MR) is 231 cm³/mol. The number of carbonyl (C=O) groups excluding carboxylic acids is 2. The molecule has 336 valence electrons. The average molecular weight is 832 g/mol. The molecule has 3 unspecified atom stereocenters. The van der Waals surface area contributed by atoms with Crippen molar-refractivity contribution in [3.8, 4) is 0 Å². The SMILES string of the molecule is CCC/C=C\CCCCCCCC(=O)OCC(O)COP(=O)(O)OCC(NC(=O)CCCCCCCCCCCCCCCCCCCCCCCCC)C(=O)O. The van der Waals surface area contributed by atoms with Crippen LogP contribution in [0.2, 0.25) is 0 Å². The topological polar surface area (TPSA) is 169 Å². The van der Waals surface area contributed by atoms with E-state index >= 15 is 0 Å². The highest BCUT2D eigenvalue weighted by molar-refractivity contribution is 7.47. The second-order valence-electron chi connectivity index (χ2n) is 15.9. The average Bonchev–Trinajstić information content (AvgIpc) is 3.18. The van der Waals surface area contributed by atoms with Gasteiger partial charge in [-0.2, -0.15) is 0 Å². The van der Waals surface area contributed by atoms with Crippen LogP contribution in [0.1, 0.15) is 226 Å². The van der Waals surface area contributed by atoms with Crippen LogP contribution in [0, 0.1) is 0 Å². The van der Waals surface area contributed by atoms with Crippen molar-refractivity contribution in [2.75, 3.05) is 19.8 Å². The van der Waals surface area contributed by atoms with Gasteiger partial charge < -0.3 is 25.2 Å². The first-order valence-electron chi connectivity index (χ1n) is 23.2. The van der Waals surface area contributed by atoms with Crippen LogP contribution in [0.5, 0.6) is 0 Å². The number of aliphatic hydroxyl groups excluding tert-OH is 1. The number of allylic oxidation sites excluding steroid dienone is 2. The molecule has 57 heavy (non-hydrogen) atoms. The summed E-state index contributed by atoms with van der Waals surface area (Å²) in [6, 6.07) is -1.54. The number of carboxylic acid groups (broad SMARTS) is 1. The minimum atomic E-state index is -4.75. The number of aliphatic hydroxyl groups is 1. The van der Waals surface area contributed by atoms with Crippen molar-refractivity contribution in [1.82, 2.24) is 5.32 Å². The maximum Gasteiger partial charge on any atom is 0.472 e. The molecule has 0 aliphatic heterocycles. The Kier molecular flexibility index (Phi) is 39.7. The molecule has 0 aliphatic rings. The van der Waals surface area contributed by atoms with Gasteiger partial charge in [-0.3, -0.25) is 18.6 Å². The molecule has 0 aromatic carbocycles. The third-order valence-electron chi connectivity index (χ3n) is 10.3. The number of unbranched alkanes of at least 4 members (excludes halogenated alkanes) is 28. The van der Waals surface area contributed by atoms with E-state index in [1.807, 2.05) is 0 Å². The molecule has 0 aromatic heterocycles. The van der Waals surface area contributed by atoms with Crippen LogP contribution in [0.4, 0.5) is 0 Å². The molecule has 0 saturated carbocycles. The zero-order valence-electron chi connectivity index (χ0n) is 36.4. The first-order chi connectivity index (χ1) is 27.6. The summed E-state index contributed by atoms with van der Waals surface area (Å²) in [5, 5.41) is 21.8. The van der Waals surface area contributed by atoms with Crippen molar-refractivity contribution in [3.63, 3.8) is 0 Å². The van der Waals surface area contributed by atoms with E-state index in [0.717, 1.165) is 64.2 Å². The van der Waals surface area contributed by atoms with Gasteiger partial charge in [-0.25, -0.2) is 9.36 Å². The maximum atomic E-state index is 12.3. The highest BCUT2D eigenvalue weighted by Crippen LogP contribution is 2.43. The zero-order valence-corrected chi connectivity index (χ0v) is 37.3. The fourth-order valence-corrected chi connectivity index (χ4v) is 7.44. The monoisotopic (exact) mass is 832 g/mol. The lowest BCUT2D eigenvalue weighted by atomic mass is 10.0. The van der Waals surface area contributed by atoms with Crippen molar-refractivity contribution < 1.29 is 47.8 Å². The molecule has 0 aliphatic carbocycles. The van der Waals surface area contributed by atoms with E-state index in [1.54, 1.807) is 0 Å². The van der Waals surface area contributed by atoms with E-state index < -0.39 is 57.6 Å². The highest BCUT2D eigenvalue weighted by atomic mass is 31.2. The van der Waals surface area contributed by atoms with Crippen LogP contribution >= 0.6 is 7.82 Å². The van der Waals surface area contributed by atoms with Gasteiger partial charge in [-0.1, -0.05) is 193 Å². The number of carboxylic acids is 1. The van der Waals surface area contributed by atoms with E-state index in [2.05, 4.69) is 31.3 Å². The van der Waals surface area contributed by atoms with E-state index in [9.17, 15) is 34.1 Å². The summed E-state index contributed by atoms with van der Waals surface area (Å²) in [6.45, 7) is 2.54. The summed E-state index contributed by atoms with van der Waals surface area (Å²) in [4.78, 5) is 45.9. The smallest absolute Gasteiger partial charge is 0.472 e. The number of hydrogen-bond donors (Lipinski definition) is 4. The Balaban J connectivity index is 3.80. The van der Waals surface area contributed by atoms with E-state index in [1.165, 1.54) is 122 Å². The van der Waals surface area contributed by atoms with Gasteiger partial charge in [0, 0.05) is 12.8 Å². The summed E-state index contributed by atoms with van der Waals surface area (Å²) in [7, 11) is -4.75. The van der Waals surface area contributed by atoms with Gasteiger partial charge in [-0.15, -0.1) is 0 Å². The van der Waals surface area contributed by atoms with Gasteiger partial charge in [0.25, 0.3) is 0 Å². The fraction of sp³-hybridized carbons (Fsp3) is 0.889. The summed E-state index contributed by atoms with van der Waals surface area (Å²) >= 11 is 0. The van der Waals surface area contributed by atoms with Crippen LogP contribution in [-0.4, -0.2) is 64.9 Å². The number of nitrogens with one attached hydrogen (secondary N) is 1. The van der Waals surface area contributed by atoms with Crippen molar-refractivity contribution in [2.45, 2.75) is 238 Å². The van der Waals surface area contributed by atoms with Crippen molar-refractivity contribution in [2.24, 2.45) is 0 Å². The summed E-state index contributed by atoms with van der Waals surface area (Å²) in [5.41, 5.74) is 0. The summed E-state index contributed by atoms with van der Waals surface area (Å²) < 4.78 is 26.8. The minimum absolute atomic E-state index is 0.151. The molecule has 0 aromatic rings. The van der Waals surface area contributed by atoms with E-state index in [4.69, 9.17) is 13.8 Å². The second-order valence-corrected chi connectivity index (χ2v) is 17.4. The van der Waals surface area contributed by atoms with Gasteiger partial charge in [0.2, 0.25) is 5.91 Å². The van der Waals surface area contributed by atoms with Gasteiger partial charge in [0.1, 0.15) is 12.7 Å². The van der Waals surface area contributed by atoms with E-state index in [0.29, 0.717) is 12.8 Å². The Morgan fingerprint density at radius 3 is 1.40 bits per heavy atom. The molecule has 0 rings (SSSR count). The van der Waals surface area contributed by atoms with Gasteiger partial charge >= 0.3 is 19.8 Å². The van der Waals surface area contributed by atoms with E-state index in [-0.39, 0.29) is 12.8 Å². The third kappa shape index (κ3) is 40.8. The van der Waals surface area contributed by atoms with Crippen LogP contribution in [0.3, 0.4) is 0 Å². The molecular formula is C45H86NO10P. The number of amides is 1. The third-order valence-corrected chi connectivity index (χ3v) is 11.2. The minimum Gasteiger partial charge on any atom is -0.480 e. The van der Waals surface area contributed by atoms with Crippen LogP contribution in [0.25, 0.3) is 0 Å². The molecule has 0 bridgehead atoms. The molecule has 0 spiro atoms. The Hall–Kier alpha value is -1.78. The van der Waals surface area contributed by atoms with Crippen LogP contribution < -0.4 is 5.32 Å². The number of ether oxygens (including phenoxy) is 1. The zero-order chi connectivity index (χ0) is 42.1. The molecule has 0 fully saturated rings. The van der Waals surface area contributed by atoms with Gasteiger partial charge in [0.15, 0.2) is 6.04 Å². The standard InChI is InChI=1S/C45H86NO10P/c1-3-5-7-9-11-13-15-16-17-18-19-20-21-22-23-24-25-26-27-28-30-32-34-36-43(48)46-42(45(50)51)40-56-57(52,53)55-39-41(47)38-54-44(49)37-35-33-31-29-14-12-10-8-6-4-2/h8,10,41-42,47H,3-7,9,11-40H2,1-2H3,(H,46,48)(H,50,51)(H,52,53)/b10-8-. The van der Waals surface area contributed by atoms with Crippen LogP contribution in [0.15, 0.2) is 12.2 Å². The number of carbonyl (C=O) groups is 3. The van der Waals surface area contributed by atoms with Gasteiger partial charge in [0.05, 0.1) is 13.2 Å². The predicted octanol–water partition coefficient (Wildman–Crippen LogP) is 12.1. The normalized spacial score (nSPS) is 13.8. The van der Waals surface area contributed by atoms with Crippen LogP contribution in [-0.2, 0) is 32.7 Å². The number of rotatable bonds is 44. The Morgan fingerprint density at radius 2 is 0.947 bits per heavy atom. The summed E-state index contributed by atoms with van der Waals surface area (Å²) in [5.74, 6) is -2.37. The first kappa shape index (κ1) is 55.2. The second kappa shape index (κ2) is 41.0. The number of phosphoric acid groups is 1. The maximum absolute atomic E-state index is 12.3. The molecule has 1 amide bonds. The lowest BCUT2D eigenvalue weighted by Crippen LogP contribution is -2.43. The molecule has 11 nitrogen and oxygen atoms in total. The van der Waals surface area contributed by atoms with Gasteiger partial charge in [-0.05, 0) is 32.1 Å². The first-order valence-corrected chi connectivity index (χ1v) is 24.7. The molecule has 12 heteroatoms. The lowest BCUT2D eigenvalue weighted by Gasteiger charge is -2.18. The molecule has 4 N–H and O–H groups in total. The molecule has 0 heterocycles. The number of esters is 1. The molecule has 3 atom stereocenters. The van der Waals surface area contributed by atoms with Crippen molar-refractivity contribution in [3.05, 3.63) is 12.2 Å². The Bertz CT molecular complexity index is 1030. The Morgan fingerprint density at radius 1 is 0.544 bits per heavy atom. The highest BCUT2D eigenvalue weighted by Gasteiger charge is 2.28. The summed E-state index contributed by atoms with van der Waals surface area (Å²) in [6.07, 6.45) is 41.1. The lowest BCUT2D eigenvalue weighted by molar-refractivity contribution is -0.147. The molecular weight excluding hydrogens is 745 g/mol. The number of aliphatic carboxylic acids is 1. The molecule has 0 saturated heterocycles. The largest absolute Gasteiger partial charge is 0.480 e. The quantitative estimate of drug-likeness (QED) is 0.0201. The van der Waals surface area contributed by atoms with Crippen molar-refractivity contribution >= 4 is 25.7 Å². The molecule has 0 radical (unpaired) electrons. The van der Waals surface area contributed by atoms with Crippen molar-refractivity contribution in [1.29, 1.82) is 0 Å². The number of hydrogen-bond acceptors (Lipinski definition) is 8. The number of phosphoric ester groups is 1. The fourth-order valence-electron chi connectivity index (χ4n) is 6.67. The Labute approximate surface area is 347 Å².